The van der Waals surface area contributed by atoms with Crippen molar-refractivity contribution in [2.45, 2.75) is 6.42 Å². The van der Waals surface area contributed by atoms with E-state index in [1.807, 2.05) is 12.1 Å². The van der Waals surface area contributed by atoms with Gasteiger partial charge in [-0.15, -0.1) is 0 Å². The molecule has 0 heterocycles. The Bertz CT molecular complexity index is 671. The molecule has 0 bridgehead atoms. The van der Waals surface area contributed by atoms with Crippen LogP contribution in [0.15, 0.2) is 40.9 Å². The van der Waals surface area contributed by atoms with E-state index in [4.69, 9.17) is 15.2 Å². The van der Waals surface area contributed by atoms with Crippen LogP contribution >= 0.6 is 15.9 Å². The summed E-state index contributed by atoms with van der Waals surface area (Å²) in [5, 5.41) is 0. The summed E-state index contributed by atoms with van der Waals surface area (Å²) in [6, 6.07) is 10.6. The highest BCUT2D eigenvalue weighted by Gasteiger charge is 2.13. The first-order valence-corrected chi connectivity index (χ1v) is 7.13. The van der Waals surface area contributed by atoms with Gasteiger partial charge in [0.25, 0.3) is 0 Å². The third-order valence-corrected chi connectivity index (χ3v) is 3.76. The molecule has 0 aliphatic rings. The summed E-state index contributed by atoms with van der Waals surface area (Å²) in [7, 11) is 3.15. The fourth-order valence-electron chi connectivity index (χ4n) is 2.03. The van der Waals surface area contributed by atoms with Crippen LogP contribution in [0.2, 0.25) is 0 Å². The van der Waals surface area contributed by atoms with Gasteiger partial charge in [-0.05, 0) is 51.8 Å². The number of ketones is 1. The minimum absolute atomic E-state index is 0.00842. The monoisotopic (exact) mass is 349 g/mol. The maximum absolute atomic E-state index is 12.4. The number of carbonyl (C=O) groups excluding carboxylic acids is 1. The second-order valence-corrected chi connectivity index (χ2v) is 5.38. The summed E-state index contributed by atoms with van der Waals surface area (Å²) in [5.41, 5.74) is 7.77. The van der Waals surface area contributed by atoms with E-state index < -0.39 is 0 Å². The smallest absolute Gasteiger partial charge is 0.168 e. The van der Waals surface area contributed by atoms with Gasteiger partial charge < -0.3 is 15.2 Å². The van der Waals surface area contributed by atoms with Crippen LogP contribution in [0.1, 0.15) is 15.9 Å². The number of carbonyl (C=O) groups is 1. The Morgan fingerprint density at radius 2 is 1.81 bits per heavy atom. The molecule has 0 radical (unpaired) electrons. The number of halogens is 1. The van der Waals surface area contributed by atoms with Gasteiger partial charge in [0.1, 0.15) is 0 Å². The number of hydrogen-bond acceptors (Lipinski definition) is 4. The van der Waals surface area contributed by atoms with Crippen molar-refractivity contribution in [3.8, 4) is 11.5 Å². The minimum atomic E-state index is 0.00842. The molecule has 0 saturated carbocycles. The second kappa shape index (κ2) is 6.63. The summed E-state index contributed by atoms with van der Waals surface area (Å²) in [5.74, 6) is 1.26. The quantitative estimate of drug-likeness (QED) is 0.663. The number of nitrogens with two attached hydrogens (primary N) is 1. The molecular formula is C16H16BrNO3. The molecule has 2 N–H and O–H groups in total. The van der Waals surface area contributed by atoms with Crippen LogP contribution in [0.5, 0.6) is 11.5 Å². The van der Waals surface area contributed by atoms with Gasteiger partial charge in [0.2, 0.25) is 0 Å². The molecule has 0 spiro atoms. The molecule has 5 heteroatoms. The first-order chi connectivity index (χ1) is 10.0. The van der Waals surface area contributed by atoms with Crippen molar-refractivity contribution in [3.63, 3.8) is 0 Å². The van der Waals surface area contributed by atoms with E-state index in [0.717, 1.165) is 5.56 Å². The van der Waals surface area contributed by atoms with Crippen LogP contribution in [-0.2, 0) is 6.42 Å². The Labute approximate surface area is 132 Å². The van der Waals surface area contributed by atoms with Crippen molar-refractivity contribution < 1.29 is 14.3 Å². The van der Waals surface area contributed by atoms with E-state index in [-0.39, 0.29) is 12.2 Å². The Morgan fingerprint density at radius 1 is 1.10 bits per heavy atom. The lowest BCUT2D eigenvalue weighted by Crippen LogP contribution is -2.05. The van der Waals surface area contributed by atoms with Crippen LogP contribution in [0.25, 0.3) is 0 Å². The van der Waals surface area contributed by atoms with Crippen LogP contribution in [0.4, 0.5) is 5.69 Å². The number of benzene rings is 2. The average Bonchev–Trinajstić information content (AvgIpc) is 2.46. The number of hydrogen-bond donors (Lipinski definition) is 1. The largest absolute Gasteiger partial charge is 0.493 e. The Balaban J connectivity index is 2.23. The van der Waals surface area contributed by atoms with Gasteiger partial charge in [0.05, 0.1) is 14.2 Å². The minimum Gasteiger partial charge on any atom is -0.493 e. The van der Waals surface area contributed by atoms with Crippen LogP contribution < -0.4 is 15.2 Å². The number of Topliss-reactive ketones (excluding diaryl/α,β-unsaturated/α-hetero) is 1. The van der Waals surface area contributed by atoms with Crippen molar-refractivity contribution in [3.05, 3.63) is 52.0 Å². The highest BCUT2D eigenvalue weighted by atomic mass is 79.9. The highest BCUT2D eigenvalue weighted by Crippen LogP contribution is 2.28. The van der Waals surface area contributed by atoms with E-state index in [0.29, 0.717) is 27.2 Å². The number of nitrogen functional groups attached to an aromatic ring is 1. The molecule has 0 aliphatic heterocycles. The topological polar surface area (TPSA) is 61.5 Å². The standard InChI is InChI=1S/C16H16BrNO3/c1-20-15-6-3-10(8-16(15)21-2)7-14(19)12-5-4-11(18)9-13(12)17/h3-6,8-9H,7,18H2,1-2H3. The zero-order chi connectivity index (χ0) is 15.4. The fourth-order valence-corrected chi connectivity index (χ4v) is 2.65. The van der Waals surface area contributed by atoms with Gasteiger partial charge in [-0.3, -0.25) is 4.79 Å². The molecular weight excluding hydrogens is 334 g/mol. The molecule has 0 amide bonds. The van der Waals surface area contributed by atoms with E-state index >= 15 is 0 Å². The third-order valence-electron chi connectivity index (χ3n) is 3.11. The normalized spacial score (nSPS) is 10.2. The summed E-state index contributed by atoms with van der Waals surface area (Å²) in [6.07, 6.45) is 0.281. The molecule has 0 saturated heterocycles. The summed E-state index contributed by atoms with van der Waals surface area (Å²) < 4.78 is 11.1. The predicted molar refractivity (Wildman–Crippen MR) is 86.1 cm³/mol. The highest BCUT2D eigenvalue weighted by molar-refractivity contribution is 9.10. The lowest BCUT2D eigenvalue weighted by atomic mass is 10.0. The van der Waals surface area contributed by atoms with Crippen molar-refractivity contribution in [2.24, 2.45) is 0 Å². The van der Waals surface area contributed by atoms with Crippen LogP contribution in [0.3, 0.4) is 0 Å². The average molecular weight is 350 g/mol. The maximum atomic E-state index is 12.4. The van der Waals surface area contributed by atoms with Crippen molar-refractivity contribution in [2.75, 3.05) is 20.0 Å². The predicted octanol–water partition coefficient (Wildman–Crippen LogP) is 3.47. The Morgan fingerprint density at radius 3 is 2.43 bits per heavy atom. The van der Waals surface area contributed by atoms with E-state index in [2.05, 4.69) is 15.9 Å². The zero-order valence-corrected chi connectivity index (χ0v) is 13.4. The molecule has 0 atom stereocenters. The molecule has 0 fully saturated rings. The zero-order valence-electron chi connectivity index (χ0n) is 11.9. The van der Waals surface area contributed by atoms with Crippen molar-refractivity contribution >= 4 is 27.4 Å². The van der Waals surface area contributed by atoms with Gasteiger partial charge in [0, 0.05) is 22.1 Å². The summed E-state index contributed by atoms with van der Waals surface area (Å²) >= 11 is 3.37. The molecule has 2 aromatic rings. The van der Waals surface area contributed by atoms with Crippen LogP contribution in [0, 0.1) is 0 Å². The second-order valence-electron chi connectivity index (χ2n) is 4.53. The number of anilines is 1. The maximum Gasteiger partial charge on any atom is 0.168 e. The van der Waals surface area contributed by atoms with Gasteiger partial charge in [-0.1, -0.05) is 6.07 Å². The van der Waals surface area contributed by atoms with E-state index in [1.165, 1.54) is 0 Å². The molecule has 2 rings (SSSR count). The third kappa shape index (κ3) is 3.55. The number of rotatable bonds is 5. The van der Waals surface area contributed by atoms with Crippen molar-refractivity contribution in [1.29, 1.82) is 0 Å². The van der Waals surface area contributed by atoms with E-state index in [9.17, 15) is 4.79 Å². The van der Waals surface area contributed by atoms with Gasteiger partial charge in [-0.2, -0.15) is 0 Å². The molecule has 21 heavy (non-hydrogen) atoms. The Kier molecular flexibility index (Phi) is 4.85. The van der Waals surface area contributed by atoms with Crippen molar-refractivity contribution in [1.82, 2.24) is 0 Å². The molecule has 0 unspecified atom stereocenters. The lowest BCUT2D eigenvalue weighted by Gasteiger charge is -2.10. The summed E-state index contributed by atoms with van der Waals surface area (Å²) in [6.45, 7) is 0. The van der Waals surface area contributed by atoms with Gasteiger partial charge in [-0.25, -0.2) is 0 Å². The first kappa shape index (κ1) is 15.4. The van der Waals surface area contributed by atoms with E-state index in [1.54, 1.807) is 38.5 Å². The van der Waals surface area contributed by atoms with Gasteiger partial charge in [0.15, 0.2) is 17.3 Å². The molecule has 4 nitrogen and oxygen atoms in total. The SMILES string of the molecule is COc1ccc(CC(=O)c2ccc(N)cc2Br)cc1OC. The first-order valence-electron chi connectivity index (χ1n) is 6.34. The molecule has 0 aliphatic carbocycles. The van der Waals surface area contributed by atoms with Crippen LogP contribution in [-0.4, -0.2) is 20.0 Å². The molecule has 110 valence electrons. The number of methoxy groups -OCH3 is 2. The van der Waals surface area contributed by atoms with Gasteiger partial charge >= 0.3 is 0 Å². The lowest BCUT2D eigenvalue weighted by molar-refractivity contribution is 0.0992. The molecule has 0 aromatic heterocycles. The Hall–Kier alpha value is -2.01. The summed E-state index contributed by atoms with van der Waals surface area (Å²) in [4.78, 5) is 12.4. The fraction of sp³-hybridized carbons (Fsp3) is 0.188. The molecule has 2 aromatic carbocycles. The number of ether oxygens (including phenoxy) is 2.